The first-order valence-corrected chi connectivity index (χ1v) is 10.5. The molecule has 0 saturated carbocycles. The Morgan fingerprint density at radius 3 is 2.39 bits per heavy atom. The van der Waals surface area contributed by atoms with Crippen molar-refractivity contribution in [1.82, 2.24) is 9.80 Å². The molecule has 0 atom stereocenters. The van der Waals surface area contributed by atoms with E-state index in [-0.39, 0.29) is 5.91 Å². The van der Waals surface area contributed by atoms with Gasteiger partial charge in [0, 0.05) is 30.4 Å². The monoisotopic (exact) mass is 379 g/mol. The largest absolute Gasteiger partial charge is 0.322 e. The van der Waals surface area contributed by atoms with Crippen LogP contribution in [0.5, 0.6) is 0 Å². The molecule has 1 saturated heterocycles. The molecule has 28 heavy (non-hydrogen) atoms. The number of benzene rings is 2. The molecule has 4 heteroatoms. The Morgan fingerprint density at radius 2 is 1.75 bits per heavy atom. The molecular weight excluding hydrogens is 346 g/mol. The molecule has 2 aromatic rings. The van der Waals surface area contributed by atoms with Crippen LogP contribution in [0.3, 0.4) is 0 Å². The SMILES string of the molecule is CCN(Cc1ccc(C(=O)Nc2ccccc2CN2CCCC2)cc1)C(C)C. The minimum absolute atomic E-state index is 0.0448. The van der Waals surface area contributed by atoms with Gasteiger partial charge in [0.25, 0.3) is 5.91 Å². The number of nitrogens with zero attached hydrogens (tertiary/aromatic N) is 2. The lowest BCUT2D eigenvalue weighted by Gasteiger charge is -2.24. The first-order valence-electron chi connectivity index (χ1n) is 10.5. The van der Waals surface area contributed by atoms with Crippen LogP contribution in [0, 0.1) is 0 Å². The fraction of sp³-hybridized carbons (Fsp3) is 0.458. The minimum atomic E-state index is -0.0448. The topological polar surface area (TPSA) is 35.6 Å². The molecule has 150 valence electrons. The lowest BCUT2D eigenvalue weighted by Crippen LogP contribution is -2.29. The van der Waals surface area contributed by atoms with Crippen LogP contribution in [0.25, 0.3) is 0 Å². The van der Waals surface area contributed by atoms with Gasteiger partial charge < -0.3 is 5.32 Å². The van der Waals surface area contributed by atoms with E-state index >= 15 is 0 Å². The van der Waals surface area contributed by atoms with Crippen LogP contribution in [0.1, 0.15) is 55.1 Å². The highest BCUT2D eigenvalue weighted by Crippen LogP contribution is 2.21. The van der Waals surface area contributed by atoms with E-state index in [4.69, 9.17) is 0 Å². The Bertz CT molecular complexity index is 764. The van der Waals surface area contributed by atoms with Crippen molar-refractivity contribution in [2.24, 2.45) is 0 Å². The Kier molecular flexibility index (Phi) is 7.24. The van der Waals surface area contributed by atoms with Crippen LogP contribution in [0.4, 0.5) is 5.69 Å². The Labute approximate surface area is 169 Å². The average molecular weight is 380 g/mol. The second-order valence-electron chi connectivity index (χ2n) is 7.95. The van der Waals surface area contributed by atoms with Gasteiger partial charge in [-0.15, -0.1) is 0 Å². The number of hydrogen-bond acceptors (Lipinski definition) is 3. The molecule has 1 N–H and O–H groups in total. The maximum atomic E-state index is 12.8. The number of amides is 1. The molecule has 1 heterocycles. The predicted molar refractivity (Wildman–Crippen MR) is 117 cm³/mol. The molecular formula is C24H33N3O. The van der Waals surface area contributed by atoms with Crippen LogP contribution in [-0.2, 0) is 13.1 Å². The quantitative estimate of drug-likeness (QED) is 0.718. The molecule has 3 rings (SSSR count). The number of para-hydroxylation sites is 1. The normalized spacial score (nSPS) is 14.8. The third-order valence-corrected chi connectivity index (χ3v) is 5.60. The van der Waals surface area contributed by atoms with Crippen molar-refractivity contribution in [1.29, 1.82) is 0 Å². The van der Waals surface area contributed by atoms with Crippen LogP contribution in [0.2, 0.25) is 0 Å². The van der Waals surface area contributed by atoms with Gasteiger partial charge in [-0.3, -0.25) is 14.6 Å². The average Bonchev–Trinajstić information content (AvgIpc) is 3.21. The summed E-state index contributed by atoms with van der Waals surface area (Å²) in [5.41, 5.74) is 4.04. The minimum Gasteiger partial charge on any atom is -0.322 e. The van der Waals surface area contributed by atoms with E-state index in [1.165, 1.54) is 24.0 Å². The highest BCUT2D eigenvalue weighted by Gasteiger charge is 2.15. The third-order valence-electron chi connectivity index (χ3n) is 5.60. The molecule has 0 radical (unpaired) electrons. The predicted octanol–water partition coefficient (Wildman–Crippen LogP) is 4.77. The van der Waals surface area contributed by atoms with Crippen LogP contribution in [-0.4, -0.2) is 41.4 Å². The zero-order valence-electron chi connectivity index (χ0n) is 17.4. The van der Waals surface area contributed by atoms with E-state index in [1.807, 2.05) is 30.3 Å². The molecule has 0 spiro atoms. The van der Waals surface area contributed by atoms with Gasteiger partial charge in [0.2, 0.25) is 0 Å². The zero-order chi connectivity index (χ0) is 19.9. The standard InChI is InChI=1S/C24H33N3O/c1-4-27(19(2)3)17-20-11-13-21(14-12-20)24(28)25-23-10-6-5-9-22(23)18-26-15-7-8-16-26/h5-6,9-14,19H,4,7-8,15-18H2,1-3H3,(H,25,28). The van der Waals surface area contributed by atoms with Gasteiger partial charge in [0.1, 0.15) is 0 Å². The molecule has 0 aromatic heterocycles. The van der Waals surface area contributed by atoms with Gasteiger partial charge >= 0.3 is 0 Å². The Balaban J connectivity index is 1.65. The van der Waals surface area contributed by atoms with Crippen molar-refractivity contribution in [2.75, 3.05) is 25.0 Å². The van der Waals surface area contributed by atoms with Crippen molar-refractivity contribution in [3.8, 4) is 0 Å². The lowest BCUT2D eigenvalue weighted by molar-refractivity contribution is 0.102. The highest BCUT2D eigenvalue weighted by atomic mass is 16.1. The first-order chi connectivity index (χ1) is 13.6. The number of hydrogen-bond donors (Lipinski definition) is 1. The van der Waals surface area contributed by atoms with E-state index in [0.717, 1.165) is 38.4 Å². The summed E-state index contributed by atoms with van der Waals surface area (Å²) in [6.07, 6.45) is 2.54. The molecule has 1 fully saturated rings. The van der Waals surface area contributed by atoms with Crippen molar-refractivity contribution >= 4 is 11.6 Å². The summed E-state index contributed by atoms with van der Waals surface area (Å²) < 4.78 is 0. The van der Waals surface area contributed by atoms with Gasteiger partial charge in [-0.25, -0.2) is 0 Å². The lowest BCUT2D eigenvalue weighted by atomic mass is 10.1. The summed E-state index contributed by atoms with van der Waals surface area (Å²) in [5, 5.41) is 3.11. The molecule has 1 aliphatic rings. The summed E-state index contributed by atoms with van der Waals surface area (Å²) in [5.74, 6) is -0.0448. The number of carbonyl (C=O) groups is 1. The van der Waals surface area contributed by atoms with Crippen molar-refractivity contribution in [3.63, 3.8) is 0 Å². The second-order valence-corrected chi connectivity index (χ2v) is 7.95. The van der Waals surface area contributed by atoms with E-state index in [1.54, 1.807) is 0 Å². The summed E-state index contributed by atoms with van der Waals surface area (Å²) in [6, 6.07) is 16.7. The van der Waals surface area contributed by atoms with Gasteiger partial charge in [-0.1, -0.05) is 37.3 Å². The van der Waals surface area contributed by atoms with Gasteiger partial charge in [0.05, 0.1) is 0 Å². The Morgan fingerprint density at radius 1 is 1.07 bits per heavy atom. The molecule has 2 aromatic carbocycles. The summed E-state index contributed by atoms with van der Waals surface area (Å²) in [7, 11) is 0. The summed E-state index contributed by atoms with van der Waals surface area (Å²) >= 11 is 0. The summed E-state index contributed by atoms with van der Waals surface area (Å²) in [4.78, 5) is 17.6. The van der Waals surface area contributed by atoms with Crippen LogP contribution in [0.15, 0.2) is 48.5 Å². The molecule has 4 nitrogen and oxygen atoms in total. The fourth-order valence-corrected chi connectivity index (χ4v) is 3.81. The molecule has 1 aliphatic heterocycles. The number of rotatable bonds is 8. The van der Waals surface area contributed by atoms with Crippen LogP contribution < -0.4 is 5.32 Å². The second kappa shape index (κ2) is 9.85. The highest BCUT2D eigenvalue weighted by molar-refractivity contribution is 6.04. The summed E-state index contributed by atoms with van der Waals surface area (Å²) in [6.45, 7) is 11.7. The van der Waals surface area contributed by atoms with Gasteiger partial charge in [-0.05, 0) is 75.6 Å². The number of carbonyl (C=O) groups excluding carboxylic acids is 1. The molecule has 0 unspecified atom stereocenters. The number of anilines is 1. The van der Waals surface area contributed by atoms with Gasteiger partial charge in [-0.2, -0.15) is 0 Å². The van der Waals surface area contributed by atoms with Crippen molar-refractivity contribution in [3.05, 3.63) is 65.2 Å². The van der Waals surface area contributed by atoms with E-state index in [9.17, 15) is 4.79 Å². The molecule has 0 aliphatic carbocycles. The zero-order valence-corrected chi connectivity index (χ0v) is 17.4. The fourth-order valence-electron chi connectivity index (χ4n) is 3.81. The Hall–Kier alpha value is -2.17. The van der Waals surface area contributed by atoms with Crippen LogP contribution >= 0.6 is 0 Å². The maximum Gasteiger partial charge on any atom is 0.255 e. The van der Waals surface area contributed by atoms with Crippen molar-refractivity contribution < 1.29 is 4.79 Å². The maximum absolute atomic E-state index is 12.8. The van der Waals surface area contributed by atoms with Crippen molar-refractivity contribution in [2.45, 2.75) is 52.7 Å². The smallest absolute Gasteiger partial charge is 0.255 e. The first kappa shape index (κ1) is 20.6. The molecule has 1 amide bonds. The number of nitrogens with one attached hydrogen (secondary N) is 1. The van der Waals surface area contributed by atoms with E-state index < -0.39 is 0 Å². The van der Waals surface area contributed by atoms with E-state index in [0.29, 0.717) is 11.6 Å². The third kappa shape index (κ3) is 5.43. The van der Waals surface area contributed by atoms with E-state index in [2.05, 4.69) is 54.1 Å². The molecule has 0 bridgehead atoms. The van der Waals surface area contributed by atoms with Gasteiger partial charge in [0.15, 0.2) is 0 Å². The number of likely N-dealkylation sites (tertiary alicyclic amines) is 1.